The van der Waals surface area contributed by atoms with Gasteiger partial charge in [0.25, 0.3) is 5.56 Å². The van der Waals surface area contributed by atoms with Crippen molar-refractivity contribution in [1.82, 2.24) is 9.97 Å². The number of anilines is 1. The number of nitrogens with one attached hydrogen (secondary N) is 2. The molecule has 2 heterocycles. The molecule has 0 amide bonds. The number of rotatable bonds is 7. The Hall–Kier alpha value is -2.78. The molecule has 0 aliphatic rings. The monoisotopic (exact) mass is 391 g/mol. The Labute approximate surface area is 158 Å². The Bertz CT molecular complexity index is 1010. The number of ether oxygens (including phenoxy) is 2. The fraction of sp³-hybridized carbons (Fsp3) is 0.278. The fourth-order valence-electron chi connectivity index (χ4n) is 2.50. The molecule has 2 aromatic heterocycles. The van der Waals surface area contributed by atoms with Gasteiger partial charge in [-0.3, -0.25) is 4.79 Å². The molecule has 0 spiro atoms. The molecular weight excluding hydrogens is 373 g/mol. The van der Waals surface area contributed by atoms with E-state index >= 15 is 0 Å². The molecule has 0 saturated heterocycles. The average molecular weight is 391 g/mol. The highest BCUT2D eigenvalue weighted by Crippen LogP contribution is 2.27. The van der Waals surface area contributed by atoms with E-state index < -0.39 is 5.97 Å². The van der Waals surface area contributed by atoms with E-state index in [2.05, 4.69) is 15.3 Å². The summed E-state index contributed by atoms with van der Waals surface area (Å²) in [4.78, 5) is 32.6. The second-order valence-electron chi connectivity index (χ2n) is 5.74. The maximum atomic E-state index is 12.9. The van der Waals surface area contributed by atoms with Gasteiger partial charge in [0.1, 0.15) is 28.0 Å². The number of fused-ring (bicyclic) bond motifs is 1. The number of benzene rings is 1. The third kappa shape index (κ3) is 4.32. The molecule has 0 bridgehead atoms. The Morgan fingerprint density at radius 2 is 2.04 bits per heavy atom. The zero-order valence-electron chi connectivity index (χ0n) is 14.8. The van der Waals surface area contributed by atoms with E-state index in [1.807, 2.05) is 0 Å². The Morgan fingerprint density at radius 1 is 1.30 bits per heavy atom. The van der Waals surface area contributed by atoms with Gasteiger partial charge >= 0.3 is 5.97 Å². The van der Waals surface area contributed by atoms with Crippen LogP contribution in [0, 0.1) is 12.7 Å². The van der Waals surface area contributed by atoms with E-state index in [9.17, 15) is 14.0 Å². The highest BCUT2D eigenvalue weighted by molar-refractivity contribution is 7.20. The maximum Gasteiger partial charge on any atom is 0.348 e. The molecule has 9 heteroatoms. The van der Waals surface area contributed by atoms with Crippen molar-refractivity contribution in [3.05, 3.63) is 56.7 Å². The number of methoxy groups -OCH3 is 1. The van der Waals surface area contributed by atoms with Crippen molar-refractivity contribution in [3.63, 3.8) is 0 Å². The van der Waals surface area contributed by atoms with Gasteiger partial charge < -0.3 is 19.8 Å². The first-order valence-corrected chi connectivity index (χ1v) is 8.99. The minimum atomic E-state index is -0.502. The van der Waals surface area contributed by atoms with Crippen LogP contribution < -0.4 is 10.9 Å². The molecule has 0 saturated carbocycles. The van der Waals surface area contributed by atoms with Crippen molar-refractivity contribution >= 4 is 33.2 Å². The number of nitrogens with zero attached hydrogens (tertiary/aromatic N) is 1. The van der Waals surface area contributed by atoms with Gasteiger partial charge in [0, 0.05) is 12.8 Å². The number of hydrogen-bond acceptors (Lipinski definition) is 7. The van der Waals surface area contributed by atoms with Gasteiger partial charge in [-0.05, 0) is 36.8 Å². The number of aromatic amines is 1. The van der Waals surface area contributed by atoms with Crippen molar-refractivity contribution in [2.45, 2.75) is 13.5 Å². The number of carbonyl (C=O) groups excluding carboxylic acids is 1. The van der Waals surface area contributed by atoms with Crippen LogP contribution >= 0.6 is 11.3 Å². The molecule has 142 valence electrons. The number of halogens is 1. The predicted molar refractivity (Wildman–Crippen MR) is 101 cm³/mol. The fourth-order valence-corrected chi connectivity index (χ4v) is 3.60. The van der Waals surface area contributed by atoms with Gasteiger partial charge in [-0.1, -0.05) is 0 Å². The predicted octanol–water partition coefficient (Wildman–Crippen LogP) is 2.85. The summed E-state index contributed by atoms with van der Waals surface area (Å²) in [6.07, 6.45) is 0. The summed E-state index contributed by atoms with van der Waals surface area (Å²) in [6, 6.07) is 5.86. The lowest BCUT2D eigenvalue weighted by atomic mass is 10.2. The van der Waals surface area contributed by atoms with Crippen LogP contribution in [-0.4, -0.2) is 36.3 Å². The van der Waals surface area contributed by atoms with Crippen LogP contribution in [0.3, 0.4) is 0 Å². The van der Waals surface area contributed by atoms with E-state index in [0.29, 0.717) is 38.8 Å². The number of aryl methyl sites for hydroxylation is 1. The smallest absolute Gasteiger partial charge is 0.348 e. The second-order valence-corrected chi connectivity index (χ2v) is 6.74. The van der Waals surface area contributed by atoms with E-state index in [4.69, 9.17) is 9.47 Å². The first kappa shape index (κ1) is 19.0. The number of esters is 1. The Balaban J connectivity index is 1.82. The molecule has 2 N–H and O–H groups in total. The molecule has 0 fully saturated rings. The van der Waals surface area contributed by atoms with Crippen LogP contribution in [0.5, 0.6) is 0 Å². The van der Waals surface area contributed by atoms with Crippen molar-refractivity contribution in [3.8, 4) is 0 Å². The third-order valence-corrected chi connectivity index (χ3v) is 5.03. The highest BCUT2D eigenvalue weighted by Gasteiger charge is 2.20. The van der Waals surface area contributed by atoms with Crippen molar-refractivity contribution in [1.29, 1.82) is 0 Å². The topological polar surface area (TPSA) is 93.3 Å². The van der Waals surface area contributed by atoms with E-state index in [1.54, 1.807) is 19.1 Å². The molecular formula is C18H18FN3O4S. The van der Waals surface area contributed by atoms with Gasteiger partial charge in [-0.2, -0.15) is 0 Å². The molecule has 0 aliphatic carbocycles. The van der Waals surface area contributed by atoms with E-state index in [1.165, 1.54) is 19.2 Å². The average Bonchev–Trinajstić information content (AvgIpc) is 2.98. The van der Waals surface area contributed by atoms with Crippen LogP contribution in [0.2, 0.25) is 0 Å². The van der Waals surface area contributed by atoms with Gasteiger partial charge in [0.2, 0.25) is 0 Å². The summed E-state index contributed by atoms with van der Waals surface area (Å²) in [5.41, 5.74) is 0.925. The molecule has 27 heavy (non-hydrogen) atoms. The van der Waals surface area contributed by atoms with Crippen molar-refractivity contribution in [2.75, 3.05) is 25.6 Å². The normalized spacial score (nSPS) is 10.9. The number of aromatic nitrogens is 2. The number of carbonyl (C=O) groups is 1. The number of hydrogen-bond donors (Lipinski definition) is 2. The molecule has 3 aromatic rings. The van der Waals surface area contributed by atoms with Crippen LogP contribution in [-0.2, 0) is 16.0 Å². The standard InChI is InChI=1S/C18H18FN3O4S/c1-10-14-16(23)21-13(9-20-12-5-3-11(19)4-6-12)22-17(14)27-15(10)18(24)26-8-7-25-2/h3-6,20H,7-9H2,1-2H3,(H,21,22,23). The summed E-state index contributed by atoms with van der Waals surface area (Å²) >= 11 is 1.12. The minimum absolute atomic E-state index is 0.139. The molecule has 7 nitrogen and oxygen atoms in total. The molecule has 0 atom stereocenters. The lowest BCUT2D eigenvalue weighted by molar-refractivity contribution is 0.0393. The maximum absolute atomic E-state index is 12.9. The van der Waals surface area contributed by atoms with Gasteiger partial charge in [-0.25, -0.2) is 14.2 Å². The lowest BCUT2D eigenvalue weighted by Gasteiger charge is -2.05. The van der Waals surface area contributed by atoms with Crippen LogP contribution in [0.1, 0.15) is 21.1 Å². The Kier molecular flexibility index (Phi) is 5.82. The molecule has 0 aliphatic heterocycles. The first-order chi connectivity index (χ1) is 13.0. The van der Waals surface area contributed by atoms with Gasteiger partial charge in [0.15, 0.2) is 0 Å². The van der Waals surface area contributed by atoms with E-state index in [0.717, 1.165) is 11.3 Å². The molecule has 3 rings (SSSR count). The lowest BCUT2D eigenvalue weighted by Crippen LogP contribution is -2.14. The van der Waals surface area contributed by atoms with Crippen LogP contribution in [0.25, 0.3) is 10.2 Å². The first-order valence-electron chi connectivity index (χ1n) is 8.17. The van der Waals surface area contributed by atoms with Crippen LogP contribution in [0.15, 0.2) is 29.1 Å². The van der Waals surface area contributed by atoms with Crippen molar-refractivity contribution < 1.29 is 18.7 Å². The molecule has 1 aromatic carbocycles. The largest absolute Gasteiger partial charge is 0.459 e. The summed E-state index contributed by atoms with van der Waals surface area (Å²) in [5.74, 6) is -0.414. The summed E-state index contributed by atoms with van der Waals surface area (Å²) in [5, 5.41) is 3.44. The van der Waals surface area contributed by atoms with E-state index in [-0.39, 0.29) is 24.5 Å². The summed E-state index contributed by atoms with van der Waals surface area (Å²) in [6.45, 7) is 2.38. The SMILES string of the molecule is COCCOC(=O)c1sc2nc(CNc3ccc(F)cc3)[nH]c(=O)c2c1C. The quantitative estimate of drug-likeness (QED) is 0.475. The summed E-state index contributed by atoms with van der Waals surface area (Å²) in [7, 11) is 1.52. The summed E-state index contributed by atoms with van der Waals surface area (Å²) < 4.78 is 22.9. The zero-order chi connectivity index (χ0) is 19.4. The van der Waals surface area contributed by atoms with Gasteiger partial charge in [-0.15, -0.1) is 11.3 Å². The third-order valence-electron chi connectivity index (χ3n) is 3.86. The highest BCUT2D eigenvalue weighted by atomic mass is 32.1. The van der Waals surface area contributed by atoms with Gasteiger partial charge in [0.05, 0.1) is 18.5 Å². The molecule has 0 radical (unpaired) electrons. The van der Waals surface area contributed by atoms with Crippen molar-refractivity contribution in [2.24, 2.45) is 0 Å². The second kappa shape index (κ2) is 8.28. The minimum Gasteiger partial charge on any atom is -0.459 e. The molecule has 0 unspecified atom stereocenters. The van der Waals surface area contributed by atoms with Crippen LogP contribution in [0.4, 0.5) is 10.1 Å². The zero-order valence-corrected chi connectivity index (χ0v) is 15.6. The number of thiophene rings is 1. The Morgan fingerprint density at radius 3 is 2.74 bits per heavy atom. The number of H-pyrrole nitrogens is 1.